The van der Waals surface area contributed by atoms with Crippen molar-refractivity contribution in [1.82, 2.24) is 4.57 Å². The van der Waals surface area contributed by atoms with Crippen LogP contribution in [0.15, 0.2) is 224 Å². The fourth-order valence-corrected chi connectivity index (χ4v) is 9.55. The van der Waals surface area contributed by atoms with Crippen LogP contribution >= 0.6 is 11.3 Å². The molecule has 11 aromatic rings. The van der Waals surface area contributed by atoms with Crippen LogP contribution in [0, 0.1) is 0 Å². The average Bonchev–Trinajstić information content (AvgIpc) is 3.83. The van der Waals surface area contributed by atoms with Gasteiger partial charge in [0.1, 0.15) is 0 Å². The second-order valence-electron chi connectivity index (χ2n) is 14.6. The molecule has 0 aliphatic rings. The highest BCUT2D eigenvalue weighted by atomic mass is 32.1. The van der Waals surface area contributed by atoms with Crippen molar-refractivity contribution in [3.63, 3.8) is 0 Å². The van der Waals surface area contributed by atoms with Gasteiger partial charge in [-0.05, 0) is 120 Å². The molecular weight excluding hydrogens is 723 g/mol. The smallest absolute Gasteiger partial charge is 0.0547 e. The number of hydrogen-bond donors (Lipinski definition) is 0. The van der Waals surface area contributed by atoms with Gasteiger partial charge < -0.3 is 14.4 Å². The highest BCUT2D eigenvalue weighted by Gasteiger charge is 2.18. The molecule has 0 aliphatic heterocycles. The number of para-hydroxylation sites is 4. The first-order valence-electron chi connectivity index (χ1n) is 19.7. The van der Waals surface area contributed by atoms with Crippen molar-refractivity contribution >= 4 is 87.4 Å². The Hall–Kier alpha value is -7.40. The lowest BCUT2D eigenvalue weighted by Crippen LogP contribution is -2.12. The summed E-state index contributed by atoms with van der Waals surface area (Å²) >= 11 is 1.85. The summed E-state index contributed by atoms with van der Waals surface area (Å²) < 4.78 is 4.99. The molecule has 3 nitrogen and oxygen atoms in total. The number of nitrogens with zero attached hydrogens (tertiary/aromatic N) is 3. The molecule has 0 unspecified atom stereocenters. The molecule has 0 amide bonds. The summed E-state index contributed by atoms with van der Waals surface area (Å²) in [7, 11) is 0. The maximum Gasteiger partial charge on any atom is 0.0547 e. The number of rotatable bonds is 8. The zero-order valence-electron chi connectivity index (χ0n) is 31.6. The minimum Gasteiger partial charge on any atom is -0.311 e. The van der Waals surface area contributed by atoms with Crippen molar-refractivity contribution in [2.75, 3.05) is 9.80 Å². The van der Waals surface area contributed by atoms with Gasteiger partial charge in [-0.1, -0.05) is 115 Å². The van der Waals surface area contributed by atoms with Gasteiger partial charge in [0.05, 0.1) is 11.0 Å². The summed E-state index contributed by atoms with van der Waals surface area (Å²) in [5, 5.41) is 5.10. The zero-order valence-corrected chi connectivity index (χ0v) is 32.4. The molecule has 4 heteroatoms. The number of thiophene rings is 1. The molecule has 0 bridgehead atoms. The molecule has 2 aromatic heterocycles. The van der Waals surface area contributed by atoms with E-state index in [2.05, 4.69) is 239 Å². The minimum absolute atomic E-state index is 1.09. The third-order valence-electron chi connectivity index (χ3n) is 11.2. The van der Waals surface area contributed by atoms with Gasteiger partial charge in [0.25, 0.3) is 0 Å². The largest absolute Gasteiger partial charge is 0.311 e. The van der Waals surface area contributed by atoms with E-state index in [1.165, 1.54) is 53.1 Å². The number of hydrogen-bond acceptors (Lipinski definition) is 3. The van der Waals surface area contributed by atoms with E-state index >= 15 is 0 Å². The van der Waals surface area contributed by atoms with Crippen molar-refractivity contribution in [1.29, 1.82) is 0 Å². The summed E-state index contributed by atoms with van der Waals surface area (Å²) in [4.78, 5) is 4.69. The molecule has 0 saturated heterocycles. The van der Waals surface area contributed by atoms with Gasteiger partial charge >= 0.3 is 0 Å². The van der Waals surface area contributed by atoms with Gasteiger partial charge in [-0.15, -0.1) is 11.3 Å². The molecule has 0 aliphatic carbocycles. The first-order chi connectivity index (χ1) is 28.8. The lowest BCUT2D eigenvalue weighted by atomic mass is 10.0. The van der Waals surface area contributed by atoms with Gasteiger partial charge in [0.15, 0.2) is 0 Å². The van der Waals surface area contributed by atoms with E-state index in [1.54, 1.807) is 0 Å². The number of fused-ring (bicyclic) bond motifs is 6. The minimum atomic E-state index is 1.09. The van der Waals surface area contributed by atoms with Crippen LogP contribution < -0.4 is 9.80 Å². The Bertz CT molecular complexity index is 3200. The van der Waals surface area contributed by atoms with E-state index in [-0.39, 0.29) is 0 Å². The van der Waals surface area contributed by atoms with Crippen LogP contribution in [-0.4, -0.2) is 4.57 Å². The molecule has 274 valence electrons. The van der Waals surface area contributed by atoms with Crippen molar-refractivity contribution < 1.29 is 0 Å². The average molecular weight is 760 g/mol. The van der Waals surface area contributed by atoms with Crippen LogP contribution in [0.5, 0.6) is 0 Å². The maximum absolute atomic E-state index is 2.38. The van der Waals surface area contributed by atoms with Gasteiger partial charge in [-0.3, -0.25) is 0 Å². The zero-order chi connectivity index (χ0) is 38.4. The van der Waals surface area contributed by atoms with Crippen LogP contribution in [0.1, 0.15) is 0 Å². The molecule has 0 spiro atoms. The molecule has 2 heterocycles. The van der Waals surface area contributed by atoms with E-state index in [1.807, 2.05) is 11.3 Å². The first-order valence-corrected chi connectivity index (χ1v) is 20.5. The van der Waals surface area contributed by atoms with Crippen molar-refractivity contribution in [3.8, 4) is 16.8 Å². The fourth-order valence-electron chi connectivity index (χ4n) is 8.46. The van der Waals surface area contributed by atoms with Crippen LogP contribution in [0.4, 0.5) is 34.1 Å². The van der Waals surface area contributed by atoms with Crippen LogP contribution in [0.2, 0.25) is 0 Å². The van der Waals surface area contributed by atoms with E-state index in [0.29, 0.717) is 0 Å². The quantitative estimate of drug-likeness (QED) is 0.153. The second kappa shape index (κ2) is 14.3. The number of aromatic nitrogens is 1. The normalized spacial score (nSPS) is 11.4. The summed E-state index contributed by atoms with van der Waals surface area (Å²) in [6.45, 7) is 0. The Morgan fingerprint density at radius 3 is 1.43 bits per heavy atom. The summed E-state index contributed by atoms with van der Waals surface area (Å²) in [6.07, 6.45) is 0. The Balaban J connectivity index is 0.968. The lowest BCUT2D eigenvalue weighted by molar-refractivity contribution is 1.18. The molecule has 0 saturated carbocycles. The molecule has 0 N–H and O–H groups in total. The number of benzene rings is 9. The summed E-state index contributed by atoms with van der Waals surface area (Å²) in [5.41, 5.74) is 12.6. The van der Waals surface area contributed by atoms with E-state index < -0.39 is 0 Å². The predicted octanol–water partition coefficient (Wildman–Crippen LogP) is 15.8. The van der Waals surface area contributed by atoms with E-state index in [4.69, 9.17) is 0 Å². The third kappa shape index (κ3) is 5.90. The van der Waals surface area contributed by atoms with Gasteiger partial charge in [0.2, 0.25) is 0 Å². The molecule has 0 fully saturated rings. The standard InChI is InChI=1S/C54H37N3S/c1-4-14-40(15-5-1)55(43-27-24-38(25-28-43)39-26-34-48-47-20-10-12-22-51(47)57(52(48)36-39)42-18-8-3-9-19-42)44-29-31-45(32-30-44)56(41-16-6-2-7-17-41)46-33-35-54-50(37-46)49-21-11-13-23-53(49)58-54/h1-37H. The van der Waals surface area contributed by atoms with Gasteiger partial charge in [-0.25, -0.2) is 0 Å². The molecule has 0 atom stereocenters. The molecule has 58 heavy (non-hydrogen) atoms. The van der Waals surface area contributed by atoms with Gasteiger partial charge in [0, 0.05) is 70.8 Å². The SMILES string of the molecule is c1ccc(N(c2ccc(-c3ccc4c5ccccc5n(-c5ccccc5)c4c3)cc2)c2ccc(N(c3ccccc3)c3ccc4sc5ccccc5c4c3)cc2)cc1. The fraction of sp³-hybridized carbons (Fsp3) is 0. The monoisotopic (exact) mass is 759 g/mol. The highest BCUT2D eigenvalue weighted by molar-refractivity contribution is 7.25. The lowest BCUT2D eigenvalue weighted by Gasteiger charge is -2.28. The Labute approximate surface area is 341 Å². The molecule has 11 rings (SSSR count). The van der Waals surface area contributed by atoms with Crippen LogP contribution in [-0.2, 0) is 0 Å². The van der Waals surface area contributed by atoms with E-state index in [9.17, 15) is 0 Å². The van der Waals surface area contributed by atoms with Crippen molar-refractivity contribution in [2.24, 2.45) is 0 Å². The topological polar surface area (TPSA) is 11.4 Å². The highest BCUT2D eigenvalue weighted by Crippen LogP contribution is 2.43. The van der Waals surface area contributed by atoms with Crippen molar-refractivity contribution in [3.05, 3.63) is 224 Å². The van der Waals surface area contributed by atoms with Crippen LogP contribution in [0.25, 0.3) is 58.8 Å². The Morgan fingerprint density at radius 1 is 0.293 bits per heavy atom. The maximum atomic E-state index is 2.38. The van der Waals surface area contributed by atoms with E-state index in [0.717, 1.165) is 39.8 Å². The Morgan fingerprint density at radius 2 is 0.759 bits per heavy atom. The summed E-state index contributed by atoms with van der Waals surface area (Å²) in [6, 6.07) is 81.0. The predicted molar refractivity (Wildman–Crippen MR) is 248 cm³/mol. The molecule has 0 radical (unpaired) electrons. The second-order valence-corrected chi connectivity index (χ2v) is 15.7. The molecule has 9 aromatic carbocycles. The van der Waals surface area contributed by atoms with Gasteiger partial charge in [-0.2, -0.15) is 0 Å². The Kier molecular flexibility index (Phi) is 8.34. The summed E-state index contributed by atoms with van der Waals surface area (Å²) in [5.74, 6) is 0. The number of anilines is 6. The third-order valence-corrected chi connectivity index (χ3v) is 12.3. The van der Waals surface area contributed by atoms with Crippen molar-refractivity contribution in [2.45, 2.75) is 0 Å². The molecular formula is C54H37N3S. The van der Waals surface area contributed by atoms with Crippen LogP contribution in [0.3, 0.4) is 0 Å². The first kappa shape index (κ1) is 33.9.